The van der Waals surface area contributed by atoms with Gasteiger partial charge in [0.25, 0.3) is 11.8 Å². The summed E-state index contributed by atoms with van der Waals surface area (Å²) in [7, 11) is 1.54. The van der Waals surface area contributed by atoms with E-state index in [0.29, 0.717) is 23.1 Å². The number of aryl methyl sites for hydroxylation is 1. The highest BCUT2D eigenvalue weighted by Crippen LogP contribution is 2.44. The lowest BCUT2D eigenvalue weighted by Gasteiger charge is -2.09. The molecule has 6 nitrogen and oxygen atoms in total. The summed E-state index contributed by atoms with van der Waals surface area (Å²) in [6.45, 7) is 3.23. The van der Waals surface area contributed by atoms with Gasteiger partial charge in [-0.2, -0.15) is 0 Å². The van der Waals surface area contributed by atoms with Gasteiger partial charge in [-0.05, 0) is 19.1 Å². The molecular formula is C14H17N3O3. The van der Waals surface area contributed by atoms with E-state index in [1.54, 1.807) is 13.0 Å². The van der Waals surface area contributed by atoms with Crippen LogP contribution >= 0.6 is 0 Å². The first-order valence-corrected chi connectivity index (χ1v) is 6.69. The second kappa shape index (κ2) is 4.86. The van der Waals surface area contributed by atoms with Gasteiger partial charge in [0.1, 0.15) is 5.69 Å². The lowest BCUT2D eigenvalue weighted by Crippen LogP contribution is -2.30. The fraction of sp³-hybridized carbons (Fsp3) is 0.500. The number of amides is 2. The molecule has 2 fully saturated rings. The Bertz CT molecular complexity index is 563. The van der Waals surface area contributed by atoms with Crippen LogP contribution in [0.5, 0.6) is 0 Å². The van der Waals surface area contributed by atoms with E-state index in [9.17, 15) is 9.59 Å². The lowest BCUT2D eigenvalue weighted by atomic mass is 10.1. The van der Waals surface area contributed by atoms with E-state index >= 15 is 0 Å². The van der Waals surface area contributed by atoms with Crippen molar-refractivity contribution in [2.75, 3.05) is 20.3 Å². The summed E-state index contributed by atoms with van der Waals surface area (Å²) in [6, 6.07) is 3.43. The van der Waals surface area contributed by atoms with E-state index in [1.165, 1.54) is 13.1 Å². The third kappa shape index (κ3) is 2.27. The average Bonchev–Trinajstić information content (AvgIpc) is 2.88. The summed E-state index contributed by atoms with van der Waals surface area (Å²) in [5.41, 5.74) is 1.38. The van der Waals surface area contributed by atoms with E-state index in [2.05, 4.69) is 15.6 Å². The Morgan fingerprint density at radius 2 is 1.95 bits per heavy atom. The Kier molecular flexibility index (Phi) is 3.17. The molecule has 20 heavy (non-hydrogen) atoms. The van der Waals surface area contributed by atoms with Crippen LogP contribution in [0.4, 0.5) is 0 Å². The van der Waals surface area contributed by atoms with Crippen molar-refractivity contribution in [1.29, 1.82) is 0 Å². The van der Waals surface area contributed by atoms with Crippen LogP contribution in [0, 0.1) is 18.8 Å². The fourth-order valence-corrected chi connectivity index (χ4v) is 2.73. The van der Waals surface area contributed by atoms with Crippen LogP contribution in [0.3, 0.4) is 0 Å². The zero-order chi connectivity index (χ0) is 14.3. The monoisotopic (exact) mass is 275 g/mol. The maximum absolute atomic E-state index is 12.2. The molecule has 2 N–H and O–H groups in total. The molecule has 1 saturated heterocycles. The predicted molar refractivity (Wildman–Crippen MR) is 71.4 cm³/mol. The second-order valence-electron chi connectivity index (χ2n) is 5.33. The van der Waals surface area contributed by atoms with Crippen molar-refractivity contribution in [2.45, 2.75) is 13.0 Å². The van der Waals surface area contributed by atoms with E-state index in [4.69, 9.17) is 4.74 Å². The van der Waals surface area contributed by atoms with Gasteiger partial charge in [-0.3, -0.25) is 9.59 Å². The van der Waals surface area contributed by atoms with E-state index in [1.807, 2.05) is 0 Å². The Hall–Kier alpha value is -1.95. The largest absolute Gasteiger partial charge is 0.381 e. The number of pyridine rings is 1. The zero-order valence-corrected chi connectivity index (χ0v) is 11.5. The molecule has 2 atom stereocenters. The van der Waals surface area contributed by atoms with Crippen molar-refractivity contribution in [1.82, 2.24) is 15.6 Å². The highest BCUT2D eigenvalue weighted by atomic mass is 16.5. The van der Waals surface area contributed by atoms with Crippen LogP contribution in [-0.4, -0.2) is 43.1 Å². The molecule has 2 amide bonds. The zero-order valence-electron chi connectivity index (χ0n) is 11.5. The summed E-state index contributed by atoms with van der Waals surface area (Å²) in [6.07, 6.45) is 0. The summed E-state index contributed by atoms with van der Waals surface area (Å²) < 4.78 is 5.29. The quantitative estimate of drug-likeness (QED) is 0.821. The second-order valence-corrected chi connectivity index (χ2v) is 5.33. The smallest absolute Gasteiger partial charge is 0.269 e. The molecule has 2 unspecified atom stereocenters. The van der Waals surface area contributed by atoms with Crippen molar-refractivity contribution in [3.05, 3.63) is 29.1 Å². The minimum Gasteiger partial charge on any atom is -0.381 e. The highest BCUT2D eigenvalue weighted by molar-refractivity contribution is 5.98. The molecule has 1 aromatic rings. The molecule has 2 heterocycles. The molecule has 1 aromatic heterocycles. The van der Waals surface area contributed by atoms with Crippen LogP contribution < -0.4 is 10.6 Å². The molecule has 1 aliphatic heterocycles. The number of carbonyl (C=O) groups is 2. The van der Waals surface area contributed by atoms with Gasteiger partial charge in [0.2, 0.25) is 0 Å². The number of ether oxygens (including phenoxy) is 1. The molecule has 2 aliphatic rings. The van der Waals surface area contributed by atoms with Gasteiger partial charge < -0.3 is 15.4 Å². The molecule has 1 aliphatic carbocycles. The van der Waals surface area contributed by atoms with Crippen LogP contribution in [0.25, 0.3) is 0 Å². The van der Waals surface area contributed by atoms with Gasteiger partial charge in [0, 0.05) is 36.2 Å². The molecule has 1 saturated carbocycles. The lowest BCUT2D eigenvalue weighted by molar-refractivity contribution is 0.0928. The summed E-state index contributed by atoms with van der Waals surface area (Å²) in [5.74, 6) is 0.472. The Labute approximate surface area is 116 Å². The van der Waals surface area contributed by atoms with Crippen molar-refractivity contribution >= 4 is 11.8 Å². The molecule has 6 heteroatoms. The first kappa shape index (κ1) is 13.1. The van der Waals surface area contributed by atoms with Crippen LogP contribution in [0.2, 0.25) is 0 Å². The van der Waals surface area contributed by atoms with Gasteiger partial charge in [0.05, 0.1) is 13.2 Å². The summed E-state index contributed by atoms with van der Waals surface area (Å²) >= 11 is 0. The van der Waals surface area contributed by atoms with Crippen LogP contribution in [0.1, 0.15) is 26.5 Å². The molecule has 0 radical (unpaired) electrons. The van der Waals surface area contributed by atoms with Crippen LogP contribution in [-0.2, 0) is 4.74 Å². The van der Waals surface area contributed by atoms with Crippen molar-refractivity contribution in [2.24, 2.45) is 11.8 Å². The first-order chi connectivity index (χ1) is 9.60. The molecule has 0 bridgehead atoms. The van der Waals surface area contributed by atoms with Gasteiger partial charge in [-0.1, -0.05) is 0 Å². The van der Waals surface area contributed by atoms with Crippen molar-refractivity contribution in [3.63, 3.8) is 0 Å². The highest BCUT2D eigenvalue weighted by Gasteiger charge is 2.54. The SMILES string of the molecule is CNC(=O)c1cc(C(=O)NC2C3COCC32)cc(C)n1. The molecule has 3 rings (SSSR count). The van der Waals surface area contributed by atoms with Gasteiger partial charge in [-0.15, -0.1) is 0 Å². The number of fused-ring (bicyclic) bond motifs is 1. The fourth-order valence-electron chi connectivity index (χ4n) is 2.73. The van der Waals surface area contributed by atoms with Gasteiger partial charge in [-0.25, -0.2) is 4.98 Å². The van der Waals surface area contributed by atoms with Crippen molar-refractivity contribution < 1.29 is 14.3 Å². The minimum atomic E-state index is -0.292. The molecule has 106 valence electrons. The number of carbonyl (C=O) groups excluding carboxylic acids is 2. The Balaban J connectivity index is 1.74. The topological polar surface area (TPSA) is 80.3 Å². The molecule has 0 spiro atoms. The number of nitrogens with one attached hydrogen (secondary N) is 2. The third-order valence-corrected chi connectivity index (χ3v) is 3.93. The number of hydrogen-bond donors (Lipinski definition) is 2. The summed E-state index contributed by atoms with van der Waals surface area (Å²) in [4.78, 5) is 28.0. The number of nitrogens with zero attached hydrogens (tertiary/aromatic N) is 1. The third-order valence-electron chi connectivity index (χ3n) is 3.93. The van der Waals surface area contributed by atoms with E-state index in [0.717, 1.165) is 13.2 Å². The van der Waals surface area contributed by atoms with E-state index in [-0.39, 0.29) is 23.6 Å². The number of aromatic nitrogens is 1. The van der Waals surface area contributed by atoms with E-state index < -0.39 is 0 Å². The number of hydrogen-bond acceptors (Lipinski definition) is 4. The molecular weight excluding hydrogens is 258 g/mol. The van der Waals surface area contributed by atoms with Crippen molar-refractivity contribution in [3.8, 4) is 0 Å². The van der Waals surface area contributed by atoms with Crippen LogP contribution in [0.15, 0.2) is 12.1 Å². The maximum atomic E-state index is 12.2. The average molecular weight is 275 g/mol. The Morgan fingerprint density at radius 3 is 2.60 bits per heavy atom. The normalized spacial score (nSPS) is 26.8. The predicted octanol–water partition coefficient (Wildman–Crippen LogP) is 0.124. The van der Waals surface area contributed by atoms with Gasteiger partial charge in [0.15, 0.2) is 0 Å². The van der Waals surface area contributed by atoms with Gasteiger partial charge >= 0.3 is 0 Å². The Morgan fingerprint density at radius 1 is 1.25 bits per heavy atom. The number of rotatable bonds is 3. The molecule has 0 aromatic carbocycles. The first-order valence-electron chi connectivity index (χ1n) is 6.69. The minimum absolute atomic E-state index is 0.153. The standard InChI is InChI=1S/C14H17N3O3/c1-7-3-8(4-11(16-7)14(19)15-2)13(18)17-12-9-5-20-6-10(9)12/h3-4,9-10,12H,5-6H2,1-2H3,(H,15,19)(H,17,18). The summed E-state index contributed by atoms with van der Waals surface area (Å²) in [5, 5.41) is 5.52. The maximum Gasteiger partial charge on any atom is 0.269 e.